The van der Waals surface area contributed by atoms with E-state index in [-0.39, 0.29) is 5.78 Å². The highest BCUT2D eigenvalue weighted by Crippen LogP contribution is 2.16. The molecule has 0 bridgehead atoms. The van der Waals surface area contributed by atoms with Gasteiger partial charge in [0.15, 0.2) is 5.78 Å². The number of nitrogens with two attached hydrogens (primary N) is 2. The molecule has 0 aliphatic rings. The lowest BCUT2D eigenvalue weighted by atomic mass is 10.1. The van der Waals surface area contributed by atoms with Gasteiger partial charge in [0.25, 0.3) is 11.9 Å². The summed E-state index contributed by atoms with van der Waals surface area (Å²) in [6, 6.07) is 4.79. The maximum atomic E-state index is 11.1. The zero-order valence-electron chi connectivity index (χ0n) is 11.3. The second kappa shape index (κ2) is 10.1. The summed E-state index contributed by atoms with van der Waals surface area (Å²) < 4.78 is 0. The molecule has 1 aromatic carbocycles. The zero-order chi connectivity index (χ0) is 16.3. The van der Waals surface area contributed by atoms with Crippen LogP contribution in [0.2, 0.25) is 0 Å². The van der Waals surface area contributed by atoms with Crippen LogP contribution in [0.5, 0.6) is 0 Å². The van der Waals surface area contributed by atoms with Crippen molar-refractivity contribution in [2.24, 2.45) is 0 Å². The van der Waals surface area contributed by atoms with Crippen molar-refractivity contribution in [2.45, 2.75) is 13.8 Å². The highest BCUT2D eigenvalue weighted by atomic mass is 16.4. The van der Waals surface area contributed by atoms with E-state index < -0.39 is 11.9 Å². The van der Waals surface area contributed by atoms with E-state index in [9.17, 15) is 4.79 Å². The number of carboxylic acid groups (broad SMARTS) is 2. The summed E-state index contributed by atoms with van der Waals surface area (Å²) in [6.07, 6.45) is 1.21. The molecule has 1 rings (SSSR count). The van der Waals surface area contributed by atoms with Gasteiger partial charge < -0.3 is 21.7 Å². The molecule has 0 unspecified atom stereocenters. The fourth-order valence-electron chi connectivity index (χ4n) is 0.897. The number of hydrogen-bond donors (Lipinski definition) is 4. The van der Waals surface area contributed by atoms with Crippen LogP contribution in [-0.4, -0.2) is 27.9 Å². The van der Waals surface area contributed by atoms with Crippen LogP contribution in [0.15, 0.2) is 30.9 Å². The van der Waals surface area contributed by atoms with Gasteiger partial charge in [-0.3, -0.25) is 14.4 Å². The van der Waals surface area contributed by atoms with E-state index in [4.69, 9.17) is 31.3 Å². The molecule has 1 aromatic rings. The van der Waals surface area contributed by atoms with Crippen LogP contribution in [-0.2, 0) is 9.59 Å². The van der Waals surface area contributed by atoms with Crippen molar-refractivity contribution in [2.75, 3.05) is 11.5 Å². The zero-order valence-corrected chi connectivity index (χ0v) is 11.3. The Bertz CT molecular complexity index is 478. The van der Waals surface area contributed by atoms with E-state index in [2.05, 4.69) is 6.58 Å². The molecule has 0 radical (unpaired) electrons. The summed E-state index contributed by atoms with van der Waals surface area (Å²) in [5.74, 6) is -1.88. The van der Waals surface area contributed by atoms with Gasteiger partial charge in [-0.25, -0.2) is 0 Å². The van der Waals surface area contributed by atoms with Gasteiger partial charge in [0, 0.05) is 30.8 Å². The lowest BCUT2D eigenvalue weighted by Crippen LogP contribution is -2.01. The summed E-state index contributed by atoms with van der Waals surface area (Å²) in [7, 11) is 0. The number of hydrogen-bond acceptors (Lipinski definition) is 5. The van der Waals surface area contributed by atoms with Crippen LogP contribution >= 0.6 is 0 Å². The molecule has 0 saturated carbocycles. The first-order valence-corrected chi connectivity index (χ1v) is 5.32. The predicted octanol–water partition coefficient (Wildman–Crippen LogP) is 1.40. The van der Waals surface area contributed by atoms with E-state index in [1.165, 1.54) is 6.08 Å². The quantitative estimate of drug-likeness (QED) is 0.364. The van der Waals surface area contributed by atoms with Gasteiger partial charge in [0.2, 0.25) is 0 Å². The number of benzene rings is 1. The summed E-state index contributed by atoms with van der Waals surface area (Å²) in [6.45, 7) is 5.53. The van der Waals surface area contributed by atoms with Crippen molar-refractivity contribution >= 4 is 29.1 Å². The lowest BCUT2D eigenvalue weighted by Gasteiger charge is -2.01. The Morgan fingerprint density at radius 1 is 1.10 bits per heavy atom. The molecule has 0 heterocycles. The molecule has 6 N–H and O–H groups in total. The number of carbonyl (C=O) groups is 3. The maximum Gasteiger partial charge on any atom is 0.300 e. The summed E-state index contributed by atoms with van der Waals surface area (Å²) in [5, 5.41) is 14.8. The third kappa shape index (κ3) is 11.6. The molecular formula is C13H18N2O5. The average Bonchev–Trinajstić information content (AvgIpc) is 2.30. The Kier molecular flexibility index (Phi) is 9.88. The van der Waals surface area contributed by atoms with Gasteiger partial charge in [0.05, 0.1) is 0 Å². The molecule has 0 spiro atoms. The number of anilines is 2. The number of carboxylic acids is 2. The van der Waals surface area contributed by atoms with E-state index in [1.807, 2.05) is 0 Å². The molecule has 7 heteroatoms. The first-order valence-electron chi connectivity index (χ1n) is 5.32. The predicted molar refractivity (Wildman–Crippen MR) is 76.4 cm³/mol. The molecule has 0 aromatic heterocycles. The second-order valence-corrected chi connectivity index (χ2v) is 3.45. The summed E-state index contributed by atoms with van der Waals surface area (Å²) in [5.41, 5.74) is 12.4. The highest BCUT2D eigenvalue weighted by Gasteiger charge is 2.05. The van der Waals surface area contributed by atoms with Gasteiger partial charge in [-0.2, -0.15) is 0 Å². The molecule has 0 aliphatic heterocycles. The van der Waals surface area contributed by atoms with Gasteiger partial charge in [-0.15, -0.1) is 0 Å². The van der Waals surface area contributed by atoms with Gasteiger partial charge in [-0.1, -0.05) is 6.58 Å². The lowest BCUT2D eigenvalue weighted by molar-refractivity contribution is -0.135. The molecule has 0 atom stereocenters. The number of nitrogen functional groups attached to an aromatic ring is 2. The summed E-state index contributed by atoms with van der Waals surface area (Å²) in [4.78, 5) is 29.1. The monoisotopic (exact) mass is 282 g/mol. The smallest absolute Gasteiger partial charge is 0.300 e. The summed E-state index contributed by atoms with van der Waals surface area (Å²) >= 11 is 0. The Morgan fingerprint density at radius 3 is 1.85 bits per heavy atom. The molecule has 20 heavy (non-hydrogen) atoms. The molecule has 110 valence electrons. The third-order valence-electron chi connectivity index (χ3n) is 1.53. The maximum absolute atomic E-state index is 11.1. The standard InChI is InChI=1S/C9H10N2O.2C2H4O2/c1-2-9(12)7-5-6(10)3-4-8(7)11;2*1-2(3)4/h2-5H,1,10-11H2;2*1H3,(H,3,4). The molecule has 0 amide bonds. The van der Waals surface area contributed by atoms with Crippen molar-refractivity contribution in [1.29, 1.82) is 0 Å². The number of rotatable bonds is 2. The van der Waals surface area contributed by atoms with Gasteiger partial charge >= 0.3 is 0 Å². The van der Waals surface area contributed by atoms with E-state index in [0.29, 0.717) is 16.9 Å². The van der Waals surface area contributed by atoms with Crippen LogP contribution in [0.4, 0.5) is 11.4 Å². The SMILES string of the molecule is C=CC(=O)c1cc(N)ccc1N.CC(=O)O.CC(=O)O. The van der Waals surface area contributed by atoms with Crippen molar-refractivity contribution in [3.63, 3.8) is 0 Å². The van der Waals surface area contributed by atoms with E-state index in [1.54, 1.807) is 18.2 Å². The van der Waals surface area contributed by atoms with Crippen molar-refractivity contribution in [3.8, 4) is 0 Å². The number of carbonyl (C=O) groups excluding carboxylic acids is 1. The van der Waals surface area contributed by atoms with Gasteiger partial charge in [-0.05, 0) is 24.3 Å². The Hall–Kier alpha value is -2.83. The van der Waals surface area contributed by atoms with Crippen molar-refractivity contribution < 1.29 is 24.6 Å². The van der Waals surface area contributed by atoms with Crippen LogP contribution in [0.1, 0.15) is 24.2 Å². The van der Waals surface area contributed by atoms with E-state index >= 15 is 0 Å². The number of aliphatic carboxylic acids is 2. The van der Waals surface area contributed by atoms with E-state index in [0.717, 1.165) is 13.8 Å². The van der Waals surface area contributed by atoms with Gasteiger partial charge in [0.1, 0.15) is 0 Å². The van der Waals surface area contributed by atoms with Crippen LogP contribution in [0.25, 0.3) is 0 Å². The molecule has 0 fully saturated rings. The normalized spacial score (nSPS) is 8.10. The molecule has 0 aliphatic carbocycles. The van der Waals surface area contributed by atoms with Crippen LogP contribution in [0.3, 0.4) is 0 Å². The molecule has 0 saturated heterocycles. The Balaban J connectivity index is 0. The minimum atomic E-state index is -0.833. The molecular weight excluding hydrogens is 264 g/mol. The minimum absolute atomic E-state index is 0.209. The fourth-order valence-corrected chi connectivity index (χ4v) is 0.897. The largest absolute Gasteiger partial charge is 0.481 e. The Morgan fingerprint density at radius 2 is 1.50 bits per heavy atom. The topological polar surface area (TPSA) is 144 Å². The number of ketones is 1. The van der Waals surface area contributed by atoms with Crippen molar-refractivity contribution in [3.05, 3.63) is 36.4 Å². The number of allylic oxidation sites excluding steroid dienone is 1. The third-order valence-corrected chi connectivity index (χ3v) is 1.53. The second-order valence-electron chi connectivity index (χ2n) is 3.45. The molecule has 7 nitrogen and oxygen atoms in total. The highest BCUT2D eigenvalue weighted by molar-refractivity contribution is 6.08. The first-order chi connectivity index (χ1) is 9.11. The van der Waals surface area contributed by atoms with Crippen LogP contribution < -0.4 is 11.5 Å². The van der Waals surface area contributed by atoms with Crippen molar-refractivity contribution in [1.82, 2.24) is 0 Å². The minimum Gasteiger partial charge on any atom is -0.481 e. The average molecular weight is 282 g/mol. The Labute approximate surface area is 116 Å². The fraction of sp³-hybridized carbons (Fsp3) is 0.154. The van der Waals surface area contributed by atoms with Crippen LogP contribution in [0, 0.1) is 0 Å². The first kappa shape index (κ1) is 19.5.